The molecule has 0 aliphatic heterocycles. The summed E-state index contributed by atoms with van der Waals surface area (Å²) in [5.41, 5.74) is -0.554. The third kappa shape index (κ3) is 5.54. The lowest BCUT2D eigenvalue weighted by Gasteiger charge is -2.54. The molecule has 4 atom stereocenters. The Morgan fingerprint density at radius 1 is 1.26 bits per heavy atom. The highest BCUT2D eigenvalue weighted by Crippen LogP contribution is 2.48. The third-order valence-corrected chi connectivity index (χ3v) is 6.19. The summed E-state index contributed by atoms with van der Waals surface area (Å²) in [5, 5.41) is 2.97. The fourth-order valence-electron chi connectivity index (χ4n) is 2.93. The van der Waals surface area contributed by atoms with E-state index in [1.54, 1.807) is 0 Å². The molecule has 0 aromatic rings. The first kappa shape index (κ1) is 20.6. The largest absolute Gasteiger partial charge is 0.598 e. The summed E-state index contributed by atoms with van der Waals surface area (Å²) >= 11 is -1.09. The van der Waals surface area contributed by atoms with E-state index in [-0.39, 0.29) is 28.3 Å². The van der Waals surface area contributed by atoms with E-state index < -0.39 is 17.0 Å². The van der Waals surface area contributed by atoms with E-state index in [9.17, 15) is 9.35 Å². The SMILES string of the molecule is C[C@H](N[S+]([O-])C(C)(C)C)[C@@H]1C[C@H](NC(=O)OC(C)(C)C)C1(C)C. The predicted octanol–water partition coefficient (Wildman–Crippen LogP) is 3.37. The van der Waals surface area contributed by atoms with Gasteiger partial charge in [0.1, 0.15) is 10.3 Å². The van der Waals surface area contributed by atoms with Crippen molar-refractivity contribution >= 4 is 17.5 Å². The maximum absolute atomic E-state index is 12.3. The zero-order chi connectivity index (χ0) is 18.2. The second kappa shape index (κ2) is 6.81. The van der Waals surface area contributed by atoms with Gasteiger partial charge in [-0.25, -0.2) is 4.79 Å². The molecule has 0 bridgehead atoms. The van der Waals surface area contributed by atoms with Crippen LogP contribution in [0, 0.1) is 11.3 Å². The van der Waals surface area contributed by atoms with Crippen molar-refractivity contribution in [3.8, 4) is 0 Å². The van der Waals surface area contributed by atoms with Crippen molar-refractivity contribution in [2.45, 2.75) is 91.2 Å². The standard InChI is InChI=1S/C17H34N2O3S/c1-11(19-23(21)16(5,6)7)12-10-13(17(12,8)9)18-14(20)22-15(2,3)4/h11-13,19H,10H2,1-9H3,(H,18,20)/t11-,12-,13-,23?/m0/s1. The van der Waals surface area contributed by atoms with E-state index in [1.165, 1.54) is 0 Å². The molecule has 1 unspecified atom stereocenters. The van der Waals surface area contributed by atoms with E-state index in [0.717, 1.165) is 6.42 Å². The van der Waals surface area contributed by atoms with Gasteiger partial charge in [-0.2, -0.15) is 0 Å². The van der Waals surface area contributed by atoms with Crippen LogP contribution in [0.15, 0.2) is 0 Å². The monoisotopic (exact) mass is 346 g/mol. The van der Waals surface area contributed by atoms with Gasteiger partial charge in [0, 0.05) is 17.4 Å². The van der Waals surface area contributed by atoms with Crippen molar-refractivity contribution in [3.05, 3.63) is 0 Å². The fraction of sp³-hybridized carbons (Fsp3) is 0.941. The van der Waals surface area contributed by atoms with Gasteiger partial charge in [-0.15, -0.1) is 4.72 Å². The molecular weight excluding hydrogens is 312 g/mol. The van der Waals surface area contributed by atoms with Gasteiger partial charge in [0.05, 0.1) is 6.04 Å². The van der Waals surface area contributed by atoms with Crippen LogP contribution in [0.3, 0.4) is 0 Å². The van der Waals surface area contributed by atoms with Crippen molar-refractivity contribution in [1.29, 1.82) is 0 Å². The minimum Gasteiger partial charge on any atom is -0.598 e. The maximum Gasteiger partial charge on any atom is 0.407 e. The average molecular weight is 347 g/mol. The predicted molar refractivity (Wildman–Crippen MR) is 95.5 cm³/mol. The third-order valence-electron chi connectivity index (χ3n) is 4.49. The Morgan fingerprint density at radius 3 is 2.17 bits per heavy atom. The first-order chi connectivity index (χ1) is 10.1. The summed E-state index contributed by atoms with van der Waals surface area (Å²) in [6, 6.07) is 0.205. The van der Waals surface area contributed by atoms with Crippen molar-refractivity contribution in [3.63, 3.8) is 0 Å². The molecular formula is C17H34N2O3S. The number of rotatable bonds is 4. The molecule has 1 aliphatic carbocycles. The van der Waals surface area contributed by atoms with Gasteiger partial charge in [0.2, 0.25) is 0 Å². The van der Waals surface area contributed by atoms with Crippen LogP contribution in [0.5, 0.6) is 0 Å². The number of ether oxygens (including phenoxy) is 1. The second-order valence-electron chi connectivity index (χ2n) is 9.15. The van der Waals surface area contributed by atoms with Crippen LogP contribution in [0.25, 0.3) is 0 Å². The lowest BCUT2D eigenvalue weighted by atomic mass is 9.56. The summed E-state index contributed by atoms with van der Waals surface area (Å²) in [6.07, 6.45) is 0.495. The molecule has 0 radical (unpaired) electrons. The molecule has 1 rings (SSSR count). The number of alkyl carbamates (subject to hydrolysis) is 1. The van der Waals surface area contributed by atoms with E-state index in [1.807, 2.05) is 41.5 Å². The first-order valence-electron chi connectivity index (χ1n) is 8.32. The van der Waals surface area contributed by atoms with Crippen LogP contribution in [0.1, 0.15) is 68.7 Å². The van der Waals surface area contributed by atoms with Gasteiger partial charge in [0.15, 0.2) is 0 Å². The Balaban J connectivity index is 2.56. The topological polar surface area (TPSA) is 73.4 Å². The van der Waals surface area contributed by atoms with Gasteiger partial charge >= 0.3 is 6.09 Å². The smallest absolute Gasteiger partial charge is 0.407 e. The molecule has 1 aliphatic rings. The number of carbonyl (C=O) groups excluding carboxylic acids is 1. The van der Waals surface area contributed by atoms with E-state index in [0.29, 0.717) is 5.92 Å². The van der Waals surface area contributed by atoms with Crippen molar-refractivity contribution < 1.29 is 14.1 Å². The molecule has 6 heteroatoms. The van der Waals surface area contributed by atoms with Crippen molar-refractivity contribution in [2.75, 3.05) is 0 Å². The number of carbonyl (C=O) groups is 1. The summed E-state index contributed by atoms with van der Waals surface area (Å²) < 4.78 is 20.5. The Morgan fingerprint density at radius 2 is 1.78 bits per heavy atom. The molecule has 1 amide bonds. The molecule has 5 nitrogen and oxygen atoms in total. The second-order valence-corrected chi connectivity index (χ2v) is 11.1. The molecule has 0 heterocycles. The van der Waals surface area contributed by atoms with Gasteiger partial charge in [0.25, 0.3) is 0 Å². The normalized spacial score (nSPS) is 26.9. The minimum absolute atomic E-state index is 0.0641. The molecule has 136 valence electrons. The van der Waals surface area contributed by atoms with Gasteiger partial charge in [-0.05, 0) is 66.2 Å². The molecule has 0 aromatic carbocycles. The number of hydrogen-bond donors (Lipinski definition) is 2. The Labute approximate surface area is 144 Å². The van der Waals surface area contributed by atoms with Gasteiger partial charge < -0.3 is 14.6 Å². The maximum atomic E-state index is 12.3. The van der Waals surface area contributed by atoms with Crippen LogP contribution in [-0.4, -0.2) is 33.1 Å². The highest BCUT2D eigenvalue weighted by atomic mass is 32.2. The number of nitrogens with one attached hydrogen (secondary N) is 2. The minimum atomic E-state index is -1.09. The fourth-order valence-corrected chi connectivity index (χ4v) is 3.79. The quantitative estimate of drug-likeness (QED) is 0.766. The van der Waals surface area contributed by atoms with Crippen LogP contribution < -0.4 is 10.0 Å². The molecule has 0 spiro atoms. The Hall–Kier alpha value is -0.460. The molecule has 1 fully saturated rings. The summed E-state index contributed by atoms with van der Waals surface area (Å²) in [4.78, 5) is 11.9. The summed E-state index contributed by atoms with van der Waals surface area (Å²) in [5.74, 6) is 0.355. The van der Waals surface area contributed by atoms with Crippen LogP contribution in [0.2, 0.25) is 0 Å². The van der Waals surface area contributed by atoms with Crippen LogP contribution >= 0.6 is 0 Å². The zero-order valence-electron chi connectivity index (χ0n) is 16.1. The van der Waals surface area contributed by atoms with Crippen molar-refractivity contribution in [2.24, 2.45) is 11.3 Å². The van der Waals surface area contributed by atoms with Gasteiger partial charge in [-0.3, -0.25) is 0 Å². The summed E-state index contributed by atoms with van der Waals surface area (Å²) in [7, 11) is 0. The zero-order valence-corrected chi connectivity index (χ0v) is 16.9. The Bertz CT molecular complexity index is 427. The first-order valence-corrected chi connectivity index (χ1v) is 9.47. The highest BCUT2D eigenvalue weighted by molar-refractivity contribution is 7.90. The van der Waals surface area contributed by atoms with E-state index in [2.05, 4.69) is 30.8 Å². The highest BCUT2D eigenvalue weighted by Gasteiger charge is 2.52. The van der Waals surface area contributed by atoms with Gasteiger partial charge in [-0.1, -0.05) is 13.8 Å². The summed E-state index contributed by atoms with van der Waals surface area (Å²) in [6.45, 7) is 17.8. The number of amides is 1. The average Bonchev–Trinajstić information content (AvgIpc) is 2.30. The van der Waals surface area contributed by atoms with E-state index in [4.69, 9.17) is 4.74 Å². The molecule has 0 aromatic heterocycles. The van der Waals surface area contributed by atoms with Crippen LogP contribution in [-0.2, 0) is 16.1 Å². The molecule has 2 N–H and O–H groups in total. The Kier molecular flexibility index (Phi) is 6.09. The van der Waals surface area contributed by atoms with E-state index >= 15 is 0 Å². The van der Waals surface area contributed by atoms with Crippen LogP contribution in [0.4, 0.5) is 4.79 Å². The number of hydrogen-bond acceptors (Lipinski definition) is 4. The lowest BCUT2D eigenvalue weighted by molar-refractivity contribution is -0.0142. The van der Waals surface area contributed by atoms with Crippen molar-refractivity contribution in [1.82, 2.24) is 10.0 Å². The molecule has 23 heavy (non-hydrogen) atoms. The molecule has 1 saturated carbocycles. The lowest BCUT2D eigenvalue weighted by Crippen LogP contribution is -2.64. The molecule has 0 saturated heterocycles.